The molecule has 2 atom stereocenters. The zero-order chi connectivity index (χ0) is 6.85. The molecule has 1 nitrogen and oxygen atoms in total. The number of hydrogen-bond donors (Lipinski definition) is 0. The first-order chi connectivity index (χ1) is 4.24. The largest absolute Gasteiger partial charge is 1.00 e. The van der Waals surface area contributed by atoms with E-state index in [1.54, 1.807) is 0 Å². The minimum Gasteiger partial charge on any atom is -0.343 e. The molecule has 1 rings (SSSR count). The smallest absolute Gasteiger partial charge is 0.343 e. The van der Waals surface area contributed by atoms with Crippen LogP contribution in [0.3, 0.4) is 0 Å². The van der Waals surface area contributed by atoms with Gasteiger partial charge in [-0.1, -0.05) is 5.92 Å². The van der Waals surface area contributed by atoms with Gasteiger partial charge in [-0.05, 0) is 20.1 Å². The van der Waals surface area contributed by atoms with Crippen LogP contribution in [0.5, 0.6) is 0 Å². The van der Waals surface area contributed by atoms with Gasteiger partial charge in [0.25, 0.3) is 0 Å². The quantitative estimate of drug-likeness (QED) is 0.283. The minimum absolute atomic E-state index is 0. The maximum Gasteiger partial charge on any atom is 1.00 e. The van der Waals surface area contributed by atoms with Crippen molar-refractivity contribution < 1.29 is 59.1 Å². The Bertz CT molecular complexity index is 98.1. The number of likely N-dealkylation sites (tertiary alicyclic amines) is 1. The molecule has 1 heterocycles. The van der Waals surface area contributed by atoms with E-state index in [9.17, 15) is 0 Å². The van der Waals surface area contributed by atoms with Gasteiger partial charge in [0.1, 0.15) is 0 Å². The predicted molar refractivity (Wildman–Crippen MR) is 39.8 cm³/mol. The van der Waals surface area contributed by atoms with Crippen molar-refractivity contribution in [2.45, 2.75) is 6.42 Å². The van der Waals surface area contributed by atoms with Crippen LogP contribution in [-0.4, -0.2) is 25.0 Å². The van der Waals surface area contributed by atoms with Crippen LogP contribution < -0.4 is 59.1 Å². The summed E-state index contributed by atoms with van der Waals surface area (Å²) < 4.78 is 0. The van der Waals surface area contributed by atoms with E-state index in [2.05, 4.69) is 25.8 Å². The molecule has 0 aromatic rings. The second-order valence-corrected chi connectivity index (χ2v) is 3.03. The van der Waals surface area contributed by atoms with Gasteiger partial charge in [-0.2, -0.15) is 12.3 Å². The van der Waals surface area contributed by atoms with E-state index < -0.39 is 0 Å². The number of hydrogen-bond acceptors (Lipinski definition) is 1. The molecule has 1 aliphatic heterocycles. The summed E-state index contributed by atoms with van der Waals surface area (Å²) >= 11 is 0. The molecular weight excluding hydrogens is 156 g/mol. The molecule has 0 aromatic carbocycles. The fourth-order valence-electron chi connectivity index (χ4n) is 1.50. The molecule has 0 aromatic heterocycles. The van der Waals surface area contributed by atoms with Gasteiger partial charge in [0.2, 0.25) is 0 Å². The third kappa shape index (κ3) is 4.66. The zero-order valence-electron chi connectivity index (χ0n) is 8.14. The minimum atomic E-state index is 0. The fourth-order valence-corrected chi connectivity index (χ4v) is 1.50. The Morgan fingerprint density at radius 3 is 2.09 bits per heavy atom. The molecule has 2 unspecified atom stereocenters. The maximum absolute atomic E-state index is 4.06. The van der Waals surface area contributed by atoms with E-state index >= 15 is 0 Å². The topological polar surface area (TPSA) is 3.24 Å². The van der Waals surface area contributed by atoms with Gasteiger partial charge < -0.3 is 18.7 Å². The Morgan fingerprint density at radius 2 is 1.91 bits per heavy atom. The molecule has 1 aliphatic rings. The SMILES string of the molecule is [CH2-]CC1CN(C)CC1[CH2-].[Na+].[Na+]. The van der Waals surface area contributed by atoms with Crippen LogP contribution in [0, 0.1) is 25.7 Å². The second kappa shape index (κ2) is 7.37. The van der Waals surface area contributed by atoms with Crippen molar-refractivity contribution in [1.82, 2.24) is 4.90 Å². The normalized spacial score (nSPS) is 30.8. The summed E-state index contributed by atoms with van der Waals surface area (Å²) in [6, 6.07) is 0. The van der Waals surface area contributed by atoms with Gasteiger partial charge in [0, 0.05) is 0 Å². The van der Waals surface area contributed by atoms with Gasteiger partial charge in [-0.3, -0.25) is 0 Å². The van der Waals surface area contributed by atoms with Crippen molar-refractivity contribution in [2.24, 2.45) is 11.8 Å². The molecule has 0 bridgehead atoms. The molecule has 0 saturated carbocycles. The Balaban J connectivity index is 0. The molecule has 3 heteroatoms. The molecule has 0 N–H and O–H groups in total. The Morgan fingerprint density at radius 1 is 1.36 bits per heavy atom. The monoisotopic (exact) mass is 171 g/mol. The molecule has 54 valence electrons. The van der Waals surface area contributed by atoms with Crippen molar-refractivity contribution in [3.05, 3.63) is 13.8 Å². The zero-order valence-corrected chi connectivity index (χ0v) is 12.1. The van der Waals surface area contributed by atoms with Gasteiger partial charge >= 0.3 is 59.1 Å². The van der Waals surface area contributed by atoms with Crippen LogP contribution in [0.15, 0.2) is 0 Å². The molecule has 1 saturated heterocycles. The summed E-state index contributed by atoms with van der Waals surface area (Å²) in [5.41, 5.74) is 0. The Labute approximate surface area is 115 Å². The van der Waals surface area contributed by atoms with Crippen molar-refractivity contribution in [3.8, 4) is 0 Å². The van der Waals surface area contributed by atoms with E-state index in [0.717, 1.165) is 18.9 Å². The Hall–Kier alpha value is 1.96. The third-order valence-electron chi connectivity index (χ3n) is 2.13. The van der Waals surface area contributed by atoms with Crippen LogP contribution >= 0.6 is 0 Å². The van der Waals surface area contributed by atoms with E-state index in [-0.39, 0.29) is 59.1 Å². The van der Waals surface area contributed by atoms with Crippen LogP contribution in [-0.2, 0) is 0 Å². The van der Waals surface area contributed by atoms with Crippen LogP contribution in [0.4, 0.5) is 0 Å². The predicted octanol–water partition coefficient (Wildman–Crippen LogP) is -4.77. The van der Waals surface area contributed by atoms with E-state index in [0.29, 0.717) is 5.92 Å². The van der Waals surface area contributed by atoms with Crippen molar-refractivity contribution in [2.75, 3.05) is 20.1 Å². The Kier molecular flexibility index (Phi) is 10.3. The molecule has 1 fully saturated rings. The summed E-state index contributed by atoms with van der Waals surface area (Å²) in [6.45, 7) is 10.3. The molecule has 0 aliphatic carbocycles. The van der Waals surface area contributed by atoms with Gasteiger partial charge in [0.15, 0.2) is 0 Å². The average molecular weight is 171 g/mol. The first-order valence-corrected chi connectivity index (χ1v) is 3.55. The maximum atomic E-state index is 4.06. The molecule has 0 amide bonds. The summed E-state index contributed by atoms with van der Waals surface area (Å²) in [4.78, 5) is 2.33. The van der Waals surface area contributed by atoms with Gasteiger partial charge in [-0.25, -0.2) is 0 Å². The summed E-state index contributed by atoms with van der Waals surface area (Å²) in [7, 11) is 2.15. The van der Waals surface area contributed by atoms with Crippen LogP contribution in [0.2, 0.25) is 0 Å². The van der Waals surface area contributed by atoms with E-state index in [1.165, 1.54) is 6.54 Å². The van der Waals surface area contributed by atoms with Crippen molar-refractivity contribution >= 4 is 0 Å². The van der Waals surface area contributed by atoms with Crippen molar-refractivity contribution in [3.63, 3.8) is 0 Å². The molecular formula is C8H15NNa2. The first kappa shape index (κ1) is 15.4. The summed E-state index contributed by atoms with van der Waals surface area (Å²) in [5.74, 6) is 1.36. The standard InChI is InChI=1S/C8H15N.2Na/c1-4-8-6-9(3)5-7(8)2;;/h7-8H,1-2,4-6H2,3H3;;/q-2;2*+1. The molecule has 0 radical (unpaired) electrons. The number of nitrogens with zero attached hydrogens (tertiary/aromatic N) is 1. The average Bonchev–Trinajstić information content (AvgIpc) is 2.10. The fraction of sp³-hybridized carbons (Fsp3) is 0.750. The van der Waals surface area contributed by atoms with E-state index in [4.69, 9.17) is 0 Å². The van der Waals surface area contributed by atoms with Crippen LogP contribution in [0.25, 0.3) is 0 Å². The van der Waals surface area contributed by atoms with Gasteiger partial charge in [-0.15, -0.1) is 0 Å². The third-order valence-corrected chi connectivity index (χ3v) is 2.13. The van der Waals surface area contributed by atoms with E-state index in [1.807, 2.05) is 0 Å². The first-order valence-electron chi connectivity index (χ1n) is 3.55. The van der Waals surface area contributed by atoms with Gasteiger partial charge in [0.05, 0.1) is 0 Å². The summed E-state index contributed by atoms with van der Waals surface area (Å²) in [6.07, 6.45) is 1.04. The van der Waals surface area contributed by atoms with Crippen molar-refractivity contribution in [1.29, 1.82) is 0 Å². The molecule has 0 spiro atoms. The number of rotatable bonds is 1. The second-order valence-electron chi connectivity index (χ2n) is 3.03. The summed E-state index contributed by atoms with van der Waals surface area (Å²) in [5, 5.41) is 0. The van der Waals surface area contributed by atoms with Crippen LogP contribution in [0.1, 0.15) is 6.42 Å². The molecule has 11 heavy (non-hydrogen) atoms.